The zero-order valence-corrected chi connectivity index (χ0v) is 14.1. The molecule has 1 N–H and O–H groups in total. The number of hydrogen-bond donors (Lipinski definition) is 1. The van der Waals surface area contributed by atoms with Crippen LogP contribution < -0.4 is 5.32 Å². The summed E-state index contributed by atoms with van der Waals surface area (Å²) in [5.74, 6) is 0. The van der Waals surface area contributed by atoms with E-state index >= 15 is 0 Å². The lowest BCUT2D eigenvalue weighted by molar-refractivity contribution is 0.0746. The highest BCUT2D eigenvalue weighted by Gasteiger charge is 2.35. The average Bonchev–Trinajstić information content (AvgIpc) is 2.45. The normalized spacial score (nSPS) is 22.9. The molecule has 1 aromatic rings. The molecule has 0 bridgehead atoms. The van der Waals surface area contributed by atoms with Crippen LogP contribution in [-0.2, 0) is 6.54 Å². The van der Waals surface area contributed by atoms with Gasteiger partial charge in [-0.25, -0.2) is 0 Å². The Morgan fingerprint density at radius 3 is 2.40 bits per heavy atom. The Bertz CT molecular complexity index is 438. The summed E-state index contributed by atoms with van der Waals surface area (Å²) in [6, 6.07) is 6.23. The first kappa shape index (κ1) is 16.1. The molecule has 1 aromatic carbocycles. The smallest absolute Gasteiger partial charge is 0.0465 e. The molecule has 1 unspecified atom stereocenters. The summed E-state index contributed by atoms with van der Waals surface area (Å²) in [7, 11) is 0. The van der Waals surface area contributed by atoms with Crippen LogP contribution in [-0.4, -0.2) is 29.6 Å². The Morgan fingerprint density at radius 1 is 1.25 bits per heavy atom. The second kappa shape index (κ2) is 6.65. The van der Waals surface area contributed by atoms with Gasteiger partial charge >= 0.3 is 0 Å². The molecular formula is C16H24Cl2N2. The Balaban J connectivity index is 2.18. The van der Waals surface area contributed by atoms with Crippen LogP contribution in [0, 0.1) is 0 Å². The van der Waals surface area contributed by atoms with E-state index in [0.29, 0.717) is 6.04 Å². The summed E-state index contributed by atoms with van der Waals surface area (Å²) in [6.07, 6.45) is 2.28. The lowest BCUT2D eigenvalue weighted by atomic mass is 9.88. The zero-order valence-electron chi connectivity index (χ0n) is 12.5. The lowest BCUT2D eigenvalue weighted by Crippen LogP contribution is -2.62. The molecule has 1 fully saturated rings. The van der Waals surface area contributed by atoms with Crippen molar-refractivity contribution in [1.82, 2.24) is 10.2 Å². The van der Waals surface area contributed by atoms with Crippen molar-refractivity contribution < 1.29 is 0 Å². The van der Waals surface area contributed by atoms with Gasteiger partial charge in [0.2, 0.25) is 0 Å². The third kappa shape index (κ3) is 3.30. The summed E-state index contributed by atoms with van der Waals surface area (Å²) in [5, 5.41) is 5.25. The minimum atomic E-state index is 0.222. The van der Waals surface area contributed by atoms with E-state index < -0.39 is 0 Å². The molecule has 2 rings (SSSR count). The summed E-state index contributed by atoms with van der Waals surface area (Å²) >= 11 is 12.6. The lowest BCUT2D eigenvalue weighted by Gasteiger charge is -2.46. The number of piperazine rings is 1. The third-order valence-electron chi connectivity index (χ3n) is 4.68. The molecule has 2 nitrogen and oxygen atoms in total. The first-order valence-electron chi connectivity index (χ1n) is 7.43. The van der Waals surface area contributed by atoms with E-state index in [9.17, 15) is 0 Å². The van der Waals surface area contributed by atoms with Gasteiger partial charge < -0.3 is 5.32 Å². The van der Waals surface area contributed by atoms with E-state index in [4.69, 9.17) is 23.2 Å². The number of rotatable bonds is 4. The first-order valence-corrected chi connectivity index (χ1v) is 8.19. The Labute approximate surface area is 132 Å². The number of nitrogens with one attached hydrogen (secondary N) is 1. The Hall–Kier alpha value is -0.280. The topological polar surface area (TPSA) is 15.3 Å². The number of nitrogens with zero attached hydrogens (tertiary/aromatic N) is 1. The summed E-state index contributed by atoms with van der Waals surface area (Å²) in [4.78, 5) is 2.50. The van der Waals surface area contributed by atoms with Crippen LogP contribution >= 0.6 is 23.2 Å². The largest absolute Gasteiger partial charge is 0.308 e. The molecule has 1 atom stereocenters. The Morgan fingerprint density at radius 2 is 1.85 bits per heavy atom. The van der Waals surface area contributed by atoms with Crippen LogP contribution in [0.15, 0.2) is 18.2 Å². The molecule has 112 valence electrons. The standard InChI is InChI=1S/C16H24Cl2N2/c1-4-16(5-2)11-20(12(3)9-19-16)10-13-14(17)7-6-8-15(13)18/h6-8,12,19H,4-5,9-11H2,1-3H3. The van der Waals surface area contributed by atoms with Crippen molar-refractivity contribution in [1.29, 1.82) is 0 Å². The van der Waals surface area contributed by atoms with Crippen molar-refractivity contribution in [2.24, 2.45) is 0 Å². The van der Waals surface area contributed by atoms with Crippen LogP contribution in [0.25, 0.3) is 0 Å². The predicted octanol–water partition coefficient (Wildman–Crippen LogP) is 4.35. The van der Waals surface area contributed by atoms with Gasteiger partial charge in [-0.3, -0.25) is 4.90 Å². The molecule has 4 heteroatoms. The summed E-state index contributed by atoms with van der Waals surface area (Å²) in [5.41, 5.74) is 1.27. The maximum absolute atomic E-state index is 6.31. The van der Waals surface area contributed by atoms with Gasteiger partial charge in [0.1, 0.15) is 0 Å². The second-order valence-electron chi connectivity index (χ2n) is 5.82. The fourth-order valence-corrected chi connectivity index (χ4v) is 3.43. The van der Waals surface area contributed by atoms with Gasteiger partial charge in [0.15, 0.2) is 0 Å². The highest BCUT2D eigenvalue weighted by atomic mass is 35.5. The maximum Gasteiger partial charge on any atom is 0.0465 e. The number of hydrogen-bond acceptors (Lipinski definition) is 2. The summed E-state index contributed by atoms with van der Waals surface area (Å²) in [6.45, 7) is 9.66. The van der Waals surface area contributed by atoms with Crippen molar-refractivity contribution >= 4 is 23.2 Å². The first-order chi connectivity index (χ1) is 9.51. The van der Waals surface area contributed by atoms with E-state index in [1.54, 1.807) is 0 Å². The molecule has 0 spiro atoms. The minimum Gasteiger partial charge on any atom is -0.308 e. The van der Waals surface area contributed by atoms with Crippen LogP contribution in [0.2, 0.25) is 10.0 Å². The Kier molecular flexibility index (Phi) is 5.36. The van der Waals surface area contributed by atoms with Crippen molar-refractivity contribution in [3.8, 4) is 0 Å². The van der Waals surface area contributed by atoms with Gasteiger partial charge in [0.05, 0.1) is 0 Å². The van der Waals surface area contributed by atoms with Crippen molar-refractivity contribution in [2.45, 2.75) is 51.7 Å². The van der Waals surface area contributed by atoms with Crippen LogP contribution in [0.1, 0.15) is 39.2 Å². The van der Waals surface area contributed by atoms with Crippen LogP contribution in [0.3, 0.4) is 0 Å². The van der Waals surface area contributed by atoms with Crippen molar-refractivity contribution in [2.75, 3.05) is 13.1 Å². The molecule has 0 amide bonds. The maximum atomic E-state index is 6.31. The second-order valence-corrected chi connectivity index (χ2v) is 6.64. The van der Waals surface area contributed by atoms with Gasteiger partial charge in [-0.05, 0) is 31.9 Å². The summed E-state index contributed by atoms with van der Waals surface area (Å²) < 4.78 is 0. The highest BCUT2D eigenvalue weighted by molar-refractivity contribution is 6.35. The minimum absolute atomic E-state index is 0.222. The highest BCUT2D eigenvalue weighted by Crippen LogP contribution is 2.29. The van der Waals surface area contributed by atoms with E-state index in [1.165, 1.54) is 0 Å². The molecule has 20 heavy (non-hydrogen) atoms. The number of halogens is 2. The van der Waals surface area contributed by atoms with E-state index in [0.717, 1.165) is 48.1 Å². The predicted molar refractivity (Wildman–Crippen MR) is 87.6 cm³/mol. The third-order valence-corrected chi connectivity index (χ3v) is 5.39. The van der Waals surface area contributed by atoms with Crippen LogP contribution in [0.5, 0.6) is 0 Å². The molecule has 1 heterocycles. The van der Waals surface area contributed by atoms with Gasteiger partial charge in [-0.1, -0.05) is 43.1 Å². The van der Waals surface area contributed by atoms with Gasteiger partial charge in [-0.15, -0.1) is 0 Å². The van der Waals surface area contributed by atoms with Gasteiger partial charge in [0.25, 0.3) is 0 Å². The molecular weight excluding hydrogens is 291 g/mol. The molecule has 1 aliphatic heterocycles. The zero-order chi connectivity index (χ0) is 14.8. The molecule has 0 radical (unpaired) electrons. The molecule has 0 aromatic heterocycles. The average molecular weight is 315 g/mol. The van der Waals surface area contributed by atoms with E-state index in [-0.39, 0.29) is 5.54 Å². The quantitative estimate of drug-likeness (QED) is 0.889. The molecule has 0 aliphatic carbocycles. The van der Waals surface area contributed by atoms with Gasteiger partial charge in [0, 0.05) is 46.8 Å². The van der Waals surface area contributed by atoms with Crippen molar-refractivity contribution in [3.63, 3.8) is 0 Å². The van der Waals surface area contributed by atoms with Gasteiger partial charge in [-0.2, -0.15) is 0 Å². The molecule has 1 aliphatic rings. The van der Waals surface area contributed by atoms with E-state index in [2.05, 4.69) is 31.0 Å². The monoisotopic (exact) mass is 314 g/mol. The number of benzene rings is 1. The van der Waals surface area contributed by atoms with Crippen molar-refractivity contribution in [3.05, 3.63) is 33.8 Å². The molecule has 1 saturated heterocycles. The fraction of sp³-hybridized carbons (Fsp3) is 0.625. The fourth-order valence-electron chi connectivity index (χ4n) is 2.92. The van der Waals surface area contributed by atoms with Crippen LogP contribution in [0.4, 0.5) is 0 Å². The van der Waals surface area contributed by atoms with E-state index in [1.807, 2.05) is 18.2 Å². The molecule has 0 saturated carbocycles. The SMILES string of the molecule is CCC1(CC)CN(Cc2c(Cl)cccc2Cl)C(C)CN1.